The first-order valence-corrected chi connectivity index (χ1v) is 7.49. The first kappa shape index (κ1) is 17.0. The summed E-state index contributed by atoms with van der Waals surface area (Å²) in [6, 6.07) is 9.72. The molecule has 2 amide bonds. The lowest BCUT2D eigenvalue weighted by molar-refractivity contribution is -0.150. The number of carbonyl (C=O) groups is 2. The first-order chi connectivity index (χ1) is 10.8. The van der Waals surface area contributed by atoms with Gasteiger partial charge in [0.25, 0.3) is 0 Å². The molecule has 0 unspecified atom stereocenters. The molecular formula is C15H13F3N2O2S. The molecule has 0 aliphatic rings. The van der Waals surface area contributed by atoms with Crippen LogP contribution in [-0.4, -0.2) is 18.0 Å². The average Bonchev–Trinajstić information content (AvgIpc) is 2.91. The summed E-state index contributed by atoms with van der Waals surface area (Å²) >= 11 is 1.43. The molecule has 2 N–H and O–H groups in total. The fourth-order valence-corrected chi connectivity index (χ4v) is 2.55. The molecule has 0 saturated heterocycles. The number of nitrogens with one attached hydrogen (secondary N) is 2. The quantitative estimate of drug-likeness (QED) is 0.868. The summed E-state index contributed by atoms with van der Waals surface area (Å²) < 4.78 is 36.6. The number of halogens is 3. The van der Waals surface area contributed by atoms with Gasteiger partial charge in [-0.1, -0.05) is 18.2 Å². The number of hydrogen-bond donors (Lipinski definition) is 2. The van der Waals surface area contributed by atoms with E-state index in [1.54, 1.807) is 18.2 Å². The van der Waals surface area contributed by atoms with E-state index < -0.39 is 18.5 Å². The highest BCUT2D eigenvalue weighted by molar-refractivity contribution is 7.10. The molecule has 2 rings (SSSR count). The van der Waals surface area contributed by atoms with Crippen LogP contribution in [0.5, 0.6) is 0 Å². The lowest BCUT2D eigenvalue weighted by Gasteiger charge is -2.13. The Morgan fingerprint density at radius 1 is 0.957 bits per heavy atom. The van der Waals surface area contributed by atoms with E-state index in [0.29, 0.717) is 0 Å². The maximum Gasteiger partial charge on any atom is 0.397 e. The van der Waals surface area contributed by atoms with Crippen LogP contribution in [0.25, 0.3) is 0 Å². The third-order valence-corrected chi connectivity index (χ3v) is 3.63. The largest absolute Gasteiger partial charge is 0.397 e. The van der Waals surface area contributed by atoms with Crippen molar-refractivity contribution in [3.63, 3.8) is 0 Å². The molecule has 1 aromatic carbocycles. The average molecular weight is 342 g/mol. The summed E-state index contributed by atoms with van der Waals surface area (Å²) in [5.41, 5.74) is 0.380. The summed E-state index contributed by atoms with van der Waals surface area (Å²) in [6.45, 7) is 0. The monoisotopic (exact) mass is 342 g/mol. The Kier molecular flexibility index (Phi) is 5.38. The molecule has 2 aromatic rings. The molecule has 0 spiro atoms. The van der Waals surface area contributed by atoms with Crippen LogP contribution in [0.1, 0.15) is 11.3 Å². The SMILES string of the molecule is O=C(Cc1cccs1)Nc1ccccc1NC(=O)CC(F)(F)F. The zero-order valence-corrected chi connectivity index (χ0v) is 12.6. The number of para-hydroxylation sites is 2. The Hall–Kier alpha value is -2.35. The van der Waals surface area contributed by atoms with Crippen LogP contribution in [0.15, 0.2) is 41.8 Å². The van der Waals surface area contributed by atoms with Crippen molar-refractivity contribution in [1.29, 1.82) is 0 Å². The normalized spacial score (nSPS) is 11.1. The summed E-state index contributed by atoms with van der Waals surface area (Å²) in [5, 5.41) is 6.59. The van der Waals surface area contributed by atoms with E-state index in [0.717, 1.165) is 4.88 Å². The minimum Gasteiger partial charge on any atom is -0.324 e. The summed E-state index contributed by atoms with van der Waals surface area (Å²) in [5.74, 6) is -1.50. The molecule has 23 heavy (non-hydrogen) atoms. The molecule has 122 valence electrons. The van der Waals surface area contributed by atoms with E-state index >= 15 is 0 Å². The summed E-state index contributed by atoms with van der Waals surface area (Å²) in [4.78, 5) is 24.2. The summed E-state index contributed by atoms with van der Waals surface area (Å²) in [6.07, 6.45) is -6.01. The minimum absolute atomic E-state index is 0.126. The molecule has 4 nitrogen and oxygen atoms in total. The number of benzene rings is 1. The van der Waals surface area contributed by atoms with Crippen LogP contribution in [0.2, 0.25) is 0 Å². The number of alkyl halides is 3. The lowest BCUT2D eigenvalue weighted by atomic mass is 10.2. The Bertz CT molecular complexity index is 684. The fourth-order valence-electron chi connectivity index (χ4n) is 1.84. The third kappa shape index (κ3) is 5.74. The van der Waals surface area contributed by atoms with Crippen LogP contribution in [-0.2, 0) is 16.0 Å². The van der Waals surface area contributed by atoms with Crippen molar-refractivity contribution in [2.75, 3.05) is 10.6 Å². The Morgan fingerprint density at radius 3 is 2.09 bits per heavy atom. The first-order valence-electron chi connectivity index (χ1n) is 6.61. The highest BCUT2D eigenvalue weighted by Gasteiger charge is 2.31. The van der Waals surface area contributed by atoms with Crippen LogP contribution in [0.3, 0.4) is 0 Å². The zero-order chi connectivity index (χ0) is 16.9. The van der Waals surface area contributed by atoms with Gasteiger partial charge in [0.2, 0.25) is 11.8 Å². The number of hydrogen-bond acceptors (Lipinski definition) is 3. The molecule has 0 fully saturated rings. The molecule has 0 radical (unpaired) electrons. The van der Waals surface area contributed by atoms with Gasteiger partial charge in [0.1, 0.15) is 6.42 Å². The predicted octanol–water partition coefficient (Wildman–Crippen LogP) is 3.82. The van der Waals surface area contributed by atoms with Crippen LogP contribution >= 0.6 is 11.3 Å². The van der Waals surface area contributed by atoms with Gasteiger partial charge in [-0.2, -0.15) is 13.2 Å². The molecule has 0 saturated carbocycles. The van der Waals surface area contributed by atoms with Crippen molar-refractivity contribution >= 4 is 34.5 Å². The zero-order valence-electron chi connectivity index (χ0n) is 11.8. The molecular weight excluding hydrogens is 329 g/mol. The van der Waals surface area contributed by atoms with Crippen LogP contribution in [0, 0.1) is 0 Å². The van der Waals surface area contributed by atoms with Crippen molar-refractivity contribution in [2.45, 2.75) is 19.0 Å². The Morgan fingerprint density at radius 2 is 1.57 bits per heavy atom. The third-order valence-electron chi connectivity index (χ3n) is 2.75. The van der Waals surface area contributed by atoms with Gasteiger partial charge in [0, 0.05) is 4.88 Å². The topological polar surface area (TPSA) is 58.2 Å². The molecule has 1 heterocycles. The molecule has 1 aromatic heterocycles. The second-order valence-corrected chi connectivity index (χ2v) is 5.72. The molecule has 0 bridgehead atoms. The second-order valence-electron chi connectivity index (χ2n) is 4.69. The van der Waals surface area contributed by atoms with E-state index in [1.807, 2.05) is 11.4 Å². The molecule has 0 atom stereocenters. The number of carbonyl (C=O) groups excluding carboxylic acids is 2. The van der Waals surface area contributed by atoms with Gasteiger partial charge < -0.3 is 10.6 Å². The van der Waals surface area contributed by atoms with Crippen molar-refractivity contribution in [2.24, 2.45) is 0 Å². The van der Waals surface area contributed by atoms with E-state index in [9.17, 15) is 22.8 Å². The highest BCUT2D eigenvalue weighted by Crippen LogP contribution is 2.24. The lowest BCUT2D eigenvalue weighted by Crippen LogP contribution is -2.22. The van der Waals surface area contributed by atoms with E-state index in [-0.39, 0.29) is 23.7 Å². The van der Waals surface area contributed by atoms with E-state index in [4.69, 9.17) is 0 Å². The maximum atomic E-state index is 12.2. The fraction of sp³-hybridized carbons (Fsp3) is 0.200. The van der Waals surface area contributed by atoms with E-state index in [2.05, 4.69) is 10.6 Å². The van der Waals surface area contributed by atoms with Gasteiger partial charge in [0.05, 0.1) is 17.8 Å². The number of anilines is 2. The van der Waals surface area contributed by atoms with Crippen molar-refractivity contribution in [3.8, 4) is 0 Å². The van der Waals surface area contributed by atoms with Crippen molar-refractivity contribution < 1.29 is 22.8 Å². The molecule has 8 heteroatoms. The van der Waals surface area contributed by atoms with Crippen LogP contribution in [0.4, 0.5) is 24.5 Å². The number of amides is 2. The van der Waals surface area contributed by atoms with Gasteiger partial charge in [-0.3, -0.25) is 9.59 Å². The Labute approximate surface area is 134 Å². The standard InChI is InChI=1S/C15H13F3N2O2S/c16-15(17,18)9-14(22)20-12-6-2-1-5-11(12)19-13(21)8-10-4-3-7-23-10/h1-7H,8-9H2,(H,19,21)(H,20,22). The van der Waals surface area contributed by atoms with E-state index in [1.165, 1.54) is 23.5 Å². The molecule has 0 aliphatic heterocycles. The van der Waals surface area contributed by atoms with Gasteiger partial charge in [-0.15, -0.1) is 11.3 Å². The number of thiophene rings is 1. The predicted molar refractivity (Wildman–Crippen MR) is 82.4 cm³/mol. The van der Waals surface area contributed by atoms with Gasteiger partial charge in [0.15, 0.2) is 0 Å². The molecule has 0 aliphatic carbocycles. The van der Waals surface area contributed by atoms with Gasteiger partial charge in [-0.25, -0.2) is 0 Å². The van der Waals surface area contributed by atoms with Gasteiger partial charge in [-0.05, 0) is 23.6 Å². The Balaban J connectivity index is 2.02. The van der Waals surface area contributed by atoms with Crippen LogP contribution < -0.4 is 10.6 Å². The number of rotatable bonds is 5. The highest BCUT2D eigenvalue weighted by atomic mass is 32.1. The summed E-state index contributed by atoms with van der Waals surface area (Å²) in [7, 11) is 0. The van der Waals surface area contributed by atoms with Gasteiger partial charge >= 0.3 is 6.18 Å². The van der Waals surface area contributed by atoms with Crippen molar-refractivity contribution in [1.82, 2.24) is 0 Å². The second kappa shape index (κ2) is 7.28. The minimum atomic E-state index is -4.58. The van der Waals surface area contributed by atoms with Crippen molar-refractivity contribution in [3.05, 3.63) is 46.7 Å². The smallest absolute Gasteiger partial charge is 0.324 e. The maximum absolute atomic E-state index is 12.2.